The standard InChI is InChI=1S/C15H22F2N2O/c1-3-15(2,19-6-8-20-9-7-19)14(18)12-10-11(16)4-5-13(12)17/h4-5,10,14H,3,6-9,18H2,1-2H3. The molecule has 2 rings (SSSR count). The van der Waals surface area contributed by atoms with E-state index in [1.165, 1.54) is 6.07 Å². The quantitative estimate of drug-likeness (QED) is 0.923. The van der Waals surface area contributed by atoms with Crippen LogP contribution in [0.3, 0.4) is 0 Å². The maximum Gasteiger partial charge on any atom is 0.128 e. The van der Waals surface area contributed by atoms with Crippen LogP contribution in [0.4, 0.5) is 8.78 Å². The summed E-state index contributed by atoms with van der Waals surface area (Å²) in [6.07, 6.45) is 0.754. The molecule has 1 heterocycles. The molecular weight excluding hydrogens is 262 g/mol. The van der Waals surface area contributed by atoms with Crippen LogP contribution < -0.4 is 5.73 Å². The van der Waals surface area contributed by atoms with Crippen LogP contribution in [0.1, 0.15) is 31.9 Å². The molecule has 1 aliphatic heterocycles. The second-order valence-electron chi connectivity index (χ2n) is 5.45. The van der Waals surface area contributed by atoms with Gasteiger partial charge in [-0.1, -0.05) is 6.92 Å². The number of hydrogen-bond acceptors (Lipinski definition) is 3. The molecule has 0 aliphatic carbocycles. The Balaban J connectivity index is 2.31. The van der Waals surface area contributed by atoms with Crippen LogP contribution in [0, 0.1) is 11.6 Å². The average molecular weight is 284 g/mol. The number of ether oxygens (including phenoxy) is 1. The summed E-state index contributed by atoms with van der Waals surface area (Å²) in [5.74, 6) is -0.913. The highest BCUT2D eigenvalue weighted by molar-refractivity contribution is 5.25. The SMILES string of the molecule is CCC(C)(C(N)c1cc(F)ccc1F)N1CCOCC1. The van der Waals surface area contributed by atoms with Gasteiger partial charge in [0.2, 0.25) is 0 Å². The van der Waals surface area contributed by atoms with E-state index in [0.29, 0.717) is 13.2 Å². The molecule has 0 amide bonds. The van der Waals surface area contributed by atoms with Crippen molar-refractivity contribution in [3.05, 3.63) is 35.4 Å². The molecule has 2 N–H and O–H groups in total. The second-order valence-corrected chi connectivity index (χ2v) is 5.45. The van der Waals surface area contributed by atoms with Gasteiger partial charge < -0.3 is 10.5 Å². The van der Waals surface area contributed by atoms with Gasteiger partial charge in [-0.25, -0.2) is 8.78 Å². The summed E-state index contributed by atoms with van der Waals surface area (Å²) in [6, 6.07) is 2.87. The Morgan fingerprint density at radius 2 is 2.00 bits per heavy atom. The van der Waals surface area contributed by atoms with Crippen molar-refractivity contribution < 1.29 is 13.5 Å². The molecule has 2 atom stereocenters. The van der Waals surface area contributed by atoms with E-state index in [1.54, 1.807) is 0 Å². The molecule has 2 unspecified atom stereocenters. The van der Waals surface area contributed by atoms with E-state index in [2.05, 4.69) is 4.90 Å². The first-order valence-electron chi connectivity index (χ1n) is 7.02. The maximum absolute atomic E-state index is 14.0. The molecule has 1 fully saturated rings. The molecule has 0 spiro atoms. The molecule has 5 heteroatoms. The van der Waals surface area contributed by atoms with Crippen molar-refractivity contribution in [3.8, 4) is 0 Å². The smallest absolute Gasteiger partial charge is 0.128 e. The molecule has 1 aliphatic rings. The van der Waals surface area contributed by atoms with Gasteiger partial charge in [0.05, 0.1) is 19.3 Å². The van der Waals surface area contributed by atoms with Gasteiger partial charge in [-0.3, -0.25) is 4.90 Å². The second kappa shape index (κ2) is 6.16. The number of halogens is 2. The minimum atomic E-state index is -0.582. The van der Waals surface area contributed by atoms with Gasteiger partial charge in [0.25, 0.3) is 0 Å². The fraction of sp³-hybridized carbons (Fsp3) is 0.600. The molecule has 0 bridgehead atoms. The monoisotopic (exact) mass is 284 g/mol. The molecule has 1 aromatic carbocycles. The Morgan fingerprint density at radius 1 is 1.35 bits per heavy atom. The zero-order valence-electron chi connectivity index (χ0n) is 12.0. The number of nitrogens with zero attached hydrogens (tertiary/aromatic N) is 1. The molecule has 20 heavy (non-hydrogen) atoms. The number of nitrogens with two attached hydrogens (primary N) is 1. The van der Waals surface area contributed by atoms with E-state index >= 15 is 0 Å². The Labute approximate surface area is 118 Å². The van der Waals surface area contributed by atoms with Crippen molar-refractivity contribution >= 4 is 0 Å². The van der Waals surface area contributed by atoms with Crippen LogP contribution in [0.5, 0.6) is 0 Å². The van der Waals surface area contributed by atoms with Gasteiger partial charge in [-0.15, -0.1) is 0 Å². The van der Waals surface area contributed by atoms with Crippen LogP contribution in [0.25, 0.3) is 0 Å². The number of morpholine rings is 1. The van der Waals surface area contributed by atoms with E-state index in [1.807, 2.05) is 13.8 Å². The van der Waals surface area contributed by atoms with Gasteiger partial charge in [0.15, 0.2) is 0 Å². The molecule has 0 aromatic heterocycles. The van der Waals surface area contributed by atoms with Crippen LogP contribution >= 0.6 is 0 Å². The highest BCUT2D eigenvalue weighted by Gasteiger charge is 2.38. The summed E-state index contributed by atoms with van der Waals surface area (Å²) in [5.41, 5.74) is 6.11. The maximum atomic E-state index is 14.0. The van der Waals surface area contributed by atoms with E-state index < -0.39 is 23.2 Å². The lowest BCUT2D eigenvalue weighted by molar-refractivity contribution is -0.0281. The molecule has 1 aromatic rings. The van der Waals surface area contributed by atoms with Crippen molar-refractivity contribution in [1.82, 2.24) is 4.90 Å². The van der Waals surface area contributed by atoms with Crippen molar-refractivity contribution in [2.24, 2.45) is 5.73 Å². The third-order valence-corrected chi connectivity index (χ3v) is 4.41. The highest BCUT2D eigenvalue weighted by Crippen LogP contribution is 2.34. The highest BCUT2D eigenvalue weighted by atomic mass is 19.1. The Kier molecular flexibility index (Phi) is 4.73. The van der Waals surface area contributed by atoms with E-state index in [4.69, 9.17) is 10.5 Å². The average Bonchev–Trinajstić information content (AvgIpc) is 2.49. The minimum Gasteiger partial charge on any atom is -0.379 e. The summed E-state index contributed by atoms with van der Waals surface area (Å²) >= 11 is 0. The number of rotatable bonds is 4. The first-order chi connectivity index (χ1) is 9.49. The summed E-state index contributed by atoms with van der Waals surface area (Å²) in [4.78, 5) is 2.21. The van der Waals surface area contributed by atoms with E-state index in [0.717, 1.165) is 31.6 Å². The van der Waals surface area contributed by atoms with Crippen LogP contribution in [-0.4, -0.2) is 36.7 Å². The fourth-order valence-corrected chi connectivity index (χ4v) is 2.80. The zero-order chi connectivity index (χ0) is 14.8. The van der Waals surface area contributed by atoms with Crippen molar-refractivity contribution in [1.29, 1.82) is 0 Å². The van der Waals surface area contributed by atoms with Crippen molar-refractivity contribution in [2.75, 3.05) is 26.3 Å². The van der Waals surface area contributed by atoms with Gasteiger partial charge in [-0.05, 0) is 31.5 Å². The van der Waals surface area contributed by atoms with Crippen LogP contribution in [0.2, 0.25) is 0 Å². The van der Waals surface area contributed by atoms with Gasteiger partial charge >= 0.3 is 0 Å². The third-order valence-electron chi connectivity index (χ3n) is 4.41. The molecular formula is C15H22F2N2O. The summed E-state index contributed by atoms with van der Waals surface area (Å²) < 4.78 is 32.7. The number of benzene rings is 1. The first kappa shape index (κ1) is 15.4. The van der Waals surface area contributed by atoms with Crippen molar-refractivity contribution in [2.45, 2.75) is 31.8 Å². The Morgan fingerprint density at radius 3 is 2.60 bits per heavy atom. The molecule has 112 valence electrons. The fourth-order valence-electron chi connectivity index (χ4n) is 2.80. The van der Waals surface area contributed by atoms with Gasteiger partial charge in [0.1, 0.15) is 11.6 Å². The molecule has 0 radical (unpaired) electrons. The van der Waals surface area contributed by atoms with E-state index in [9.17, 15) is 8.78 Å². The summed E-state index contributed by atoms with van der Waals surface area (Å²) in [7, 11) is 0. The summed E-state index contributed by atoms with van der Waals surface area (Å²) in [5, 5.41) is 0. The topological polar surface area (TPSA) is 38.5 Å². The van der Waals surface area contributed by atoms with Crippen molar-refractivity contribution in [3.63, 3.8) is 0 Å². The lowest BCUT2D eigenvalue weighted by atomic mass is 9.83. The Bertz CT molecular complexity index is 463. The lowest BCUT2D eigenvalue weighted by Gasteiger charge is -2.46. The van der Waals surface area contributed by atoms with Gasteiger partial charge in [-0.2, -0.15) is 0 Å². The zero-order valence-corrected chi connectivity index (χ0v) is 12.0. The number of hydrogen-bond donors (Lipinski definition) is 1. The first-order valence-corrected chi connectivity index (χ1v) is 7.02. The van der Waals surface area contributed by atoms with Gasteiger partial charge in [0, 0.05) is 24.2 Å². The lowest BCUT2D eigenvalue weighted by Crippen LogP contribution is -2.56. The molecule has 3 nitrogen and oxygen atoms in total. The van der Waals surface area contributed by atoms with Crippen LogP contribution in [-0.2, 0) is 4.74 Å². The molecule has 1 saturated heterocycles. The predicted molar refractivity (Wildman–Crippen MR) is 74.4 cm³/mol. The van der Waals surface area contributed by atoms with Crippen LogP contribution in [0.15, 0.2) is 18.2 Å². The minimum absolute atomic E-state index is 0.237. The normalized spacial score (nSPS) is 21.4. The summed E-state index contributed by atoms with van der Waals surface area (Å²) in [6.45, 7) is 6.84. The third kappa shape index (κ3) is 2.85. The largest absolute Gasteiger partial charge is 0.379 e. The predicted octanol–water partition coefficient (Wildman–Crippen LogP) is 2.47. The van der Waals surface area contributed by atoms with E-state index in [-0.39, 0.29) is 5.56 Å². The Hall–Kier alpha value is -1.04. The molecule has 0 saturated carbocycles.